The maximum atomic E-state index is 11.8. The molecule has 1 saturated heterocycles. The number of hydrogen-bond donors (Lipinski definition) is 0. The molecule has 1 fully saturated rings. The molecular formula is C14H22N2O. The van der Waals surface area contributed by atoms with E-state index >= 15 is 0 Å². The number of carbonyl (C=O) groups is 1. The Balaban J connectivity index is 0.000000686. The van der Waals surface area contributed by atoms with Gasteiger partial charge in [0.25, 0.3) is 0 Å². The molecule has 0 radical (unpaired) electrons. The van der Waals surface area contributed by atoms with E-state index < -0.39 is 0 Å². The van der Waals surface area contributed by atoms with Crippen molar-refractivity contribution in [2.45, 2.75) is 20.8 Å². The molecule has 1 heterocycles. The summed E-state index contributed by atoms with van der Waals surface area (Å²) in [6.07, 6.45) is 0. The zero-order valence-electron chi connectivity index (χ0n) is 11.2. The molecule has 17 heavy (non-hydrogen) atoms. The van der Waals surface area contributed by atoms with E-state index in [0.29, 0.717) is 6.54 Å². The Hall–Kier alpha value is -1.35. The van der Waals surface area contributed by atoms with Gasteiger partial charge >= 0.3 is 0 Å². The molecule has 0 spiro atoms. The van der Waals surface area contributed by atoms with Gasteiger partial charge < -0.3 is 4.90 Å². The number of benzene rings is 1. The first-order chi connectivity index (χ1) is 8.16. The van der Waals surface area contributed by atoms with E-state index in [1.807, 2.05) is 55.0 Å². The highest BCUT2D eigenvalue weighted by Crippen LogP contribution is 2.17. The van der Waals surface area contributed by atoms with Crippen LogP contribution in [0.1, 0.15) is 19.4 Å². The first kappa shape index (κ1) is 13.7. The molecule has 3 nitrogen and oxygen atoms in total. The lowest BCUT2D eigenvalue weighted by molar-refractivity contribution is -0.120. The maximum Gasteiger partial charge on any atom is 0.241 e. The van der Waals surface area contributed by atoms with Crippen LogP contribution < -0.4 is 4.90 Å². The van der Waals surface area contributed by atoms with Gasteiger partial charge in [0, 0.05) is 18.8 Å². The predicted octanol–water partition coefficient (Wildman–Crippen LogP) is 2.30. The highest BCUT2D eigenvalue weighted by atomic mass is 16.2. The number of carbonyl (C=O) groups excluding carboxylic acids is 1. The van der Waals surface area contributed by atoms with E-state index in [-0.39, 0.29) is 5.91 Å². The number of piperazine rings is 1. The molecule has 1 amide bonds. The van der Waals surface area contributed by atoms with Crippen molar-refractivity contribution in [3.63, 3.8) is 0 Å². The SMILES string of the molecule is CC.Cc1ccc(N2CCN(C)CC2=O)cc1. The second-order valence-electron chi connectivity index (χ2n) is 4.12. The average molecular weight is 234 g/mol. The van der Waals surface area contributed by atoms with Gasteiger partial charge in [0.05, 0.1) is 6.54 Å². The van der Waals surface area contributed by atoms with Gasteiger partial charge in [-0.05, 0) is 26.1 Å². The third-order valence-corrected chi connectivity index (χ3v) is 2.76. The van der Waals surface area contributed by atoms with Crippen LogP contribution in [0.15, 0.2) is 24.3 Å². The smallest absolute Gasteiger partial charge is 0.241 e. The summed E-state index contributed by atoms with van der Waals surface area (Å²) in [4.78, 5) is 15.7. The van der Waals surface area contributed by atoms with Crippen molar-refractivity contribution in [3.05, 3.63) is 29.8 Å². The van der Waals surface area contributed by atoms with Crippen molar-refractivity contribution in [3.8, 4) is 0 Å². The summed E-state index contributed by atoms with van der Waals surface area (Å²) in [5, 5.41) is 0. The molecule has 0 saturated carbocycles. The summed E-state index contributed by atoms with van der Waals surface area (Å²) in [6, 6.07) is 8.11. The monoisotopic (exact) mass is 234 g/mol. The van der Waals surface area contributed by atoms with Gasteiger partial charge in [0.1, 0.15) is 0 Å². The van der Waals surface area contributed by atoms with Crippen LogP contribution >= 0.6 is 0 Å². The van der Waals surface area contributed by atoms with E-state index in [1.54, 1.807) is 0 Å². The zero-order chi connectivity index (χ0) is 12.8. The lowest BCUT2D eigenvalue weighted by Gasteiger charge is -2.32. The van der Waals surface area contributed by atoms with Gasteiger partial charge in [-0.3, -0.25) is 9.69 Å². The zero-order valence-corrected chi connectivity index (χ0v) is 11.2. The molecule has 0 unspecified atom stereocenters. The molecule has 1 aromatic rings. The fourth-order valence-electron chi connectivity index (χ4n) is 1.79. The van der Waals surface area contributed by atoms with E-state index in [1.165, 1.54) is 5.56 Å². The lowest BCUT2D eigenvalue weighted by atomic mass is 10.2. The molecule has 0 aromatic heterocycles. The van der Waals surface area contributed by atoms with Gasteiger partial charge in [-0.2, -0.15) is 0 Å². The number of rotatable bonds is 1. The highest BCUT2D eigenvalue weighted by Gasteiger charge is 2.22. The third kappa shape index (κ3) is 3.56. The largest absolute Gasteiger partial charge is 0.310 e. The van der Waals surface area contributed by atoms with Crippen LogP contribution in [-0.4, -0.2) is 37.5 Å². The molecule has 0 bridgehead atoms. The van der Waals surface area contributed by atoms with E-state index in [2.05, 4.69) is 6.92 Å². The van der Waals surface area contributed by atoms with E-state index in [0.717, 1.165) is 18.8 Å². The summed E-state index contributed by atoms with van der Waals surface area (Å²) in [5.41, 5.74) is 2.24. The Morgan fingerprint density at radius 2 is 1.65 bits per heavy atom. The third-order valence-electron chi connectivity index (χ3n) is 2.76. The average Bonchev–Trinajstić information content (AvgIpc) is 2.33. The van der Waals surface area contributed by atoms with Crippen molar-refractivity contribution >= 4 is 11.6 Å². The van der Waals surface area contributed by atoms with Crippen LogP contribution in [0.4, 0.5) is 5.69 Å². The number of nitrogens with zero attached hydrogens (tertiary/aromatic N) is 2. The number of amides is 1. The Morgan fingerprint density at radius 3 is 2.18 bits per heavy atom. The van der Waals surface area contributed by atoms with Crippen molar-refractivity contribution < 1.29 is 4.79 Å². The fourth-order valence-corrected chi connectivity index (χ4v) is 1.79. The Morgan fingerprint density at radius 1 is 1.06 bits per heavy atom. The normalized spacial score (nSPS) is 16.5. The number of likely N-dealkylation sites (N-methyl/N-ethyl adjacent to an activating group) is 1. The predicted molar refractivity (Wildman–Crippen MR) is 72.4 cm³/mol. The van der Waals surface area contributed by atoms with E-state index in [9.17, 15) is 4.79 Å². The highest BCUT2D eigenvalue weighted by molar-refractivity contribution is 5.95. The summed E-state index contributed by atoms with van der Waals surface area (Å²) in [5.74, 6) is 0.188. The van der Waals surface area contributed by atoms with Crippen LogP contribution in [0, 0.1) is 6.92 Å². The topological polar surface area (TPSA) is 23.6 Å². The molecule has 2 rings (SSSR count). The maximum absolute atomic E-state index is 11.8. The second kappa shape index (κ2) is 6.40. The second-order valence-corrected chi connectivity index (χ2v) is 4.12. The summed E-state index contributed by atoms with van der Waals surface area (Å²) in [6.45, 7) is 8.31. The van der Waals surface area contributed by atoms with Crippen LogP contribution in [0.25, 0.3) is 0 Å². The van der Waals surface area contributed by atoms with Gasteiger partial charge in [-0.25, -0.2) is 0 Å². The molecule has 0 N–H and O–H groups in total. The molecule has 0 aliphatic carbocycles. The summed E-state index contributed by atoms with van der Waals surface area (Å²) >= 11 is 0. The van der Waals surface area contributed by atoms with Crippen LogP contribution in [-0.2, 0) is 4.79 Å². The van der Waals surface area contributed by atoms with Crippen molar-refractivity contribution in [1.82, 2.24) is 4.90 Å². The van der Waals surface area contributed by atoms with Crippen LogP contribution in [0.2, 0.25) is 0 Å². The Bertz CT molecular complexity index is 359. The lowest BCUT2D eigenvalue weighted by Crippen LogP contribution is -2.48. The first-order valence-corrected chi connectivity index (χ1v) is 6.22. The van der Waals surface area contributed by atoms with E-state index in [4.69, 9.17) is 0 Å². The minimum Gasteiger partial charge on any atom is -0.310 e. The van der Waals surface area contributed by atoms with Gasteiger partial charge in [0.2, 0.25) is 5.91 Å². The molecule has 1 aliphatic rings. The molecule has 1 aromatic carbocycles. The molecule has 3 heteroatoms. The summed E-state index contributed by atoms with van der Waals surface area (Å²) in [7, 11) is 1.98. The quantitative estimate of drug-likeness (QED) is 0.744. The van der Waals surface area contributed by atoms with Crippen molar-refractivity contribution in [1.29, 1.82) is 0 Å². The van der Waals surface area contributed by atoms with Gasteiger partial charge in [-0.15, -0.1) is 0 Å². The van der Waals surface area contributed by atoms with Crippen molar-refractivity contribution in [2.75, 3.05) is 31.6 Å². The molecule has 94 valence electrons. The molecular weight excluding hydrogens is 212 g/mol. The van der Waals surface area contributed by atoms with Crippen LogP contribution in [0.5, 0.6) is 0 Å². The number of aryl methyl sites for hydroxylation is 1. The Labute approximate surface area is 104 Å². The van der Waals surface area contributed by atoms with Gasteiger partial charge in [0.15, 0.2) is 0 Å². The first-order valence-electron chi connectivity index (χ1n) is 6.22. The minimum atomic E-state index is 0.188. The van der Waals surface area contributed by atoms with Crippen molar-refractivity contribution in [2.24, 2.45) is 0 Å². The number of hydrogen-bond acceptors (Lipinski definition) is 2. The van der Waals surface area contributed by atoms with Crippen LogP contribution in [0.3, 0.4) is 0 Å². The number of anilines is 1. The summed E-state index contributed by atoms with van der Waals surface area (Å²) < 4.78 is 0. The Kier molecular flexibility index (Phi) is 5.16. The molecule has 1 aliphatic heterocycles. The van der Waals surface area contributed by atoms with Gasteiger partial charge in [-0.1, -0.05) is 31.5 Å². The standard InChI is InChI=1S/C12H16N2O.C2H6/c1-10-3-5-11(6-4-10)14-8-7-13(2)9-12(14)15;1-2/h3-6H,7-9H2,1-2H3;1-2H3. The minimum absolute atomic E-state index is 0.188. The fraction of sp³-hybridized carbons (Fsp3) is 0.500. The molecule has 0 atom stereocenters.